The summed E-state index contributed by atoms with van der Waals surface area (Å²) < 4.78 is 2.19. The molecule has 0 saturated carbocycles. The lowest BCUT2D eigenvalue weighted by Crippen LogP contribution is -2.31. The van der Waals surface area contributed by atoms with E-state index in [0.717, 1.165) is 65.0 Å². The molecule has 0 atom stereocenters. The zero-order valence-corrected chi connectivity index (χ0v) is 23.7. The van der Waals surface area contributed by atoms with Gasteiger partial charge in [0, 0.05) is 42.5 Å². The average molecular weight is 522 g/mol. The van der Waals surface area contributed by atoms with Gasteiger partial charge in [-0.25, -0.2) is 0 Å². The van der Waals surface area contributed by atoms with Crippen molar-refractivity contribution >= 4 is 21.8 Å². The molecular formula is C34H39N3O2. The molecule has 202 valence electrons. The van der Waals surface area contributed by atoms with Crippen LogP contribution in [0.1, 0.15) is 27.8 Å². The Bertz CT molecular complexity index is 1580. The van der Waals surface area contributed by atoms with Crippen LogP contribution >= 0.6 is 0 Å². The Morgan fingerprint density at radius 2 is 1.21 bits per heavy atom. The quantitative estimate of drug-likeness (QED) is 0.226. The number of likely N-dealkylation sites (N-methyl/N-ethyl adjacent to an activating group) is 2. The summed E-state index contributed by atoms with van der Waals surface area (Å²) in [5, 5.41) is 24.3. The van der Waals surface area contributed by atoms with Gasteiger partial charge in [-0.05, 0) is 76.2 Å². The second-order valence-corrected chi connectivity index (χ2v) is 11.0. The summed E-state index contributed by atoms with van der Waals surface area (Å²) >= 11 is 0. The van der Waals surface area contributed by atoms with Crippen LogP contribution in [0.15, 0.2) is 72.8 Å². The minimum Gasteiger partial charge on any atom is -0.507 e. The van der Waals surface area contributed by atoms with E-state index >= 15 is 0 Å². The van der Waals surface area contributed by atoms with Crippen molar-refractivity contribution in [2.24, 2.45) is 0 Å². The normalized spacial score (nSPS) is 11.9. The number of aromatic nitrogens is 1. The molecule has 5 aromatic rings. The van der Waals surface area contributed by atoms with Crippen molar-refractivity contribution in [3.05, 3.63) is 101 Å². The lowest BCUT2D eigenvalue weighted by Gasteiger charge is -2.23. The van der Waals surface area contributed by atoms with E-state index in [1.54, 1.807) is 0 Å². The van der Waals surface area contributed by atoms with Crippen LogP contribution in [-0.2, 0) is 13.0 Å². The number of hydrogen-bond acceptors (Lipinski definition) is 4. The third kappa shape index (κ3) is 5.51. The molecule has 0 aliphatic carbocycles. The number of benzene rings is 4. The molecule has 0 aliphatic heterocycles. The fourth-order valence-electron chi connectivity index (χ4n) is 5.68. The number of nitrogens with zero attached hydrogens (tertiary/aromatic N) is 3. The van der Waals surface area contributed by atoms with E-state index in [1.165, 1.54) is 16.3 Å². The molecule has 4 aromatic carbocycles. The van der Waals surface area contributed by atoms with Crippen molar-refractivity contribution in [2.75, 3.05) is 33.7 Å². The molecule has 5 rings (SSSR count). The first-order valence-corrected chi connectivity index (χ1v) is 13.7. The minimum absolute atomic E-state index is 0.331. The predicted octanol–water partition coefficient (Wildman–Crippen LogP) is 6.73. The molecule has 0 unspecified atom stereocenters. The van der Waals surface area contributed by atoms with Gasteiger partial charge >= 0.3 is 0 Å². The average Bonchev–Trinajstić information content (AvgIpc) is 3.25. The summed E-state index contributed by atoms with van der Waals surface area (Å²) in [4.78, 5) is 4.56. The van der Waals surface area contributed by atoms with Crippen LogP contribution in [0.25, 0.3) is 27.5 Å². The van der Waals surface area contributed by atoms with Gasteiger partial charge in [0.05, 0.1) is 16.7 Å². The van der Waals surface area contributed by atoms with Crippen LogP contribution in [0.3, 0.4) is 0 Å². The van der Waals surface area contributed by atoms with E-state index in [0.29, 0.717) is 18.0 Å². The van der Waals surface area contributed by atoms with E-state index in [4.69, 9.17) is 0 Å². The molecule has 0 bridgehead atoms. The smallest absolute Gasteiger partial charge is 0.144 e. The molecular weight excluding hydrogens is 482 g/mol. The van der Waals surface area contributed by atoms with Crippen LogP contribution in [-0.4, -0.2) is 58.3 Å². The standard InChI is InChI=1S/C34H39N3O2/c1-23-18-25(3)33(38)26(19-23)14-15-35(4)16-17-36(5)22-27-20-24(2)21-32(34(27)39)37-30-12-8-6-10-28(30)29-11-7-9-13-31(29)37/h6-13,18-21,38-39H,14-17,22H2,1-5H3. The van der Waals surface area contributed by atoms with Crippen molar-refractivity contribution in [3.63, 3.8) is 0 Å². The molecule has 0 aliphatic rings. The number of rotatable bonds is 9. The van der Waals surface area contributed by atoms with Gasteiger partial charge < -0.3 is 24.6 Å². The maximum Gasteiger partial charge on any atom is 0.144 e. The van der Waals surface area contributed by atoms with Gasteiger partial charge in [-0.3, -0.25) is 0 Å². The lowest BCUT2D eigenvalue weighted by atomic mass is 10.0. The molecule has 0 saturated heterocycles. The number of fused-ring (bicyclic) bond motifs is 3. The van der Waals surface area contributed by atoms with E-state index in [1.807, 2.05) is 13.0 Å². The number of hydrogen-bond donors (Lipinski definition) is 2. The molecule has 1 heterocycles. The van der Waals surface area contributed by atoms with Crippen molar-refractivity contribution in [1.29, 1.82) is 0 Å². The Morgan fingerprint density at radius 3 is 1.87 bits per heavy atom. The molecule has 0 radical (unpaired) electrons. The first-order chi connectivity index (χ1) is 18.7. The Labute approximate surface area is 231 Å². The van der Waals surface area contributed by atoms with Gasteiger partial charge in [0.2, 0.25) is 0 Å². The third-order valence-electron chi connectivity index (χ3n) is 7.72. The van der Waals surface area contributed by atoms with Gasteiger partial charge in [-0.1, -0.05) is 60.2 Å². The predicted molar refractivity (Wildman–Crippen MR) is 162 cm³/mol. The fourth-order valence-corrected chi connectivity index (χ4v) is 5.68. The Kier molecular flexibility index (Phi) is 7.65. The summed E-state index contributed by atoms with van der Waals surface area (Å²) in [7, 11) is 4.23. The number of phenolic OH excluding ortho intramolecular Hbond substituents is 2. The summed E-state index contributed by atoms with van der Waals surface area (Å²) in [5.41, 5.74) is 8.18. The second kappa shape index (κ2) is 11.1. The lowest BCUT2D eigenvalue weighted by molar-refractivity contribution is 0.251. The minimum atomic E-state index is 0.331. The topological polar surface area (TPSA) is 51.9 Å². The van der Waals surface area contributed by atoms with E-state index in [9.17, 15) is 10.2 Å². The van der Waals surface area contributed by atoms with Crippen molar-refractivity contribution in [2.45, 2.75) is 33.7 Å². The molecule has 0 amide bonds. The highest BCUT2D eigenvalue weighted by Crippen LogP contribution is 2.37. The Balaban J connectivity index is 1.31. The molecule has 5 nitrogen and oxygen atoms in total. The Morgan fingerprint density at radius 1 is 0.641 bits per heavy atom. The van der Waals surface area contributed by atoms with E-state index in [2.05, 4.69) is 109 Å². The molecule has 0 fully saturated rings. The third-order valence-corrected chi connectivity index (χ3v) is 7.72. The summed E-state index contributed by atoms with van der Waals surface area (Å²) in [6.45, 7) is 9.42. The van der Waals surface area contributed by atoms with Gasteiger partial charge in [-0.15, -0.1) is 0 Å². The fraction of sp³-hybridized carbons (Fsp3) is 0.294. The van der Waals surface area contributed by atoms with Crippen LogP contribution < -0.4 is 0 Å². The highest BCUT2D eigenvalue weighted by Gasteiger charge is 2.18. The van der Waals surface area contributed by atoms with Crippen LogP contribution in [0, 0.1) is 20.8 Å². The van der Waals surface area contributed by atoms with Crippen LogP contribution in [0.4, 0.5) is 0 Å². The van der Waals surface area contributed by atoms with Crippen molar-refractivity contribution in [3.8, 4) is 17.2 Å². The number of phenols is 2. The van der Waals surface area contributed by atoms with Gasteiger partial charge in [0.15, 0.2) is 0 Å². The van der Waals surface area contributed by atoms with E-state index in [-0.39, 0.29) is 0 Å². The molecule has 0 spiro atoms. The first kappa shape index (κ1) is 26.8. The number of aryl methyl sites for hydroxylation is 3. The monoisotopic (exact) mass is 521 g/mol. The summed E-state index contributed by atoms with van der Waals surface area (Å²) in [6.07, 6.45) is 0.815. The van der Waals surface area contributed by atoms with Crippen LogP contribution in [0.5, 0.6) is 11.5 Å². The summed E-state index contributed by atoms with van der Waals surface area (Å²) in [5.74, 6) is 0.748. The zero-order chi connectivity index (χ0) is 27.7. The second-order valence-electron chi connectivity index (χ2n) is 11.0. The first-order valence-electron chi connectivity index (χ1n) is 13.7. The number of aromatic hydroxyl groups is 2. The van der Waals surface area contributed by atoms with Crippen molar-refractivity contribution in [1.82, 2.24) is 14.4 Å². The largest absolute Gasteiger partial charge is 0.507 e. The number of para-hydroxylation sites is 2. The van der Waals surface area contributed by atoms with Gasteiger partial charge in [0.1, 0.15) is 11.5 Å². The molecule has 1 aromatic heterocycles. The summed E-state index contributed by atoms with van der Waals surface area (Å²) in [6, 6.07) is 25.0. The van der Waals surface area contributed by atoms with Gasteiger partial charge in [0.25, 0.3) is 0 Å². The zero-order valence-electron chi connectivity index (χ0n) is 23.7. The van der Waals surface area contributed by atoms with Crippen molar-refractivity contribution < 1.29 is 10.2 Å². The van der Waals surface area contributed by atoms with E-state index < -0.39 is 0 Å². The van der Waals surface area contributed by atoms with Crippen LogP contribution in [0.2, 0.25) is 0 Å². The SMILES string of the molecule is Cc1cc(C)c(O)c(CCN(C)CCN(C)Cc2cc(C)cc(-n3c4ccccc4c4ccccc43)c2O)c1. The highest BCUT2D eigenvalue weighted by atomic mass is 16.3. The molecule has 2 N–H and O–H groups in total. The maximum absolute atomic E-state index is 11.5. The maximum atomic E-state index is 11.5. The highest BCUT2D eigenvalue weighted by molar-refractivity contribution is 6.09. The molecule has 39 heavy (non-hydrogen) atoms. The van der Waals surface area contributed by atoms with Gasteiger partial charge in [-0.2, -0.15) is 0 Å². The molecule has 5 heteroatoms. The Hall–Kier alpha value is -3.80.